The van der Waals surface area contributed by atoms with E-state index in [-0.39, 0.29) is 6.17 Å². The zero-order chi connectivity index (χ0) is 15.7. The molecule has 1 aliphatic rings. The van der Waals surface area contributed by atoms with Crippen molar-refractivity contribution < 1.29 is 9.47 Å². The van der Waals surface area contributed by atoms with Crippen LogP contribution >= 0.6 is 11.3 Å². The molecule has 0 aliphatic carbocycles. The number of benzene rings is 1. The molecule has 1 atom stereocenters. The summed E-state index contributed by atoms with van der Waals surface area (Å²) in [5.74, 6) is 1.55. The minimum atomic E-state index is 0.0989. The van der Waals surface area contributed by atoms with Gasteiger partial charge in [-0.15, -0.1) is 11.3 Å². The standard InChI is InChI=1S/C17H20N2O2S/c1-11-7-15-16(22-11)5-6-19(2)17(15)18-12-8-13(20-3)10-14(9-12)21-4/h5-10,17-18H,1-4H3. The van der Waals surface area contributed by atoms with Crippen LogP contribution in [0.15, 0.2) is 30.5 Å². The smallest absolute Gasteiger partial charge is 0.126 e. The quantitative estimate of drug-likeness (QED) is 0.921. The normalized spacial score (nSPS) is 16.4. The maximum atomic E-state index is 5.34. The predicted octanol–water partition coefficient (Wildman–Crippen LogP) is 4.10. The molecule has 0 saturated carbocycles. The number of hydrogen-bond donors (Lipinski definition) is 1. The van der Waals surface area contributed by atoms with Gasteiger partial charge in [0.05, 0.1) is 14.2 Å². The molecule has 0 bridgehead atoms. The summed E-state index contributed by atoms with van der Waals surface area (Å²) < 4.78 is 10.7. The number of nitrogens with one attached hydrogen (secondary N) is 1. The molecular formula is C17H20N2O2S. The SMILES string of the molecule is COc1cc(NC2c3cc(C)sc3C=CN2C)cc(OC)c1. The van der Waals surface area contributed by atoms with E-state index in [1.54, 1.807) is 14.2 Å². The summed E-state index contributed by atoms with van der Waals surface area (Å²) >= 11 is 1.82. The molecule has 1 unspecified atom stereocenters. The Balaban J connectivity index is 1.93. The average molecular weight is 316 g/mol. The van der Waals surface area contributed by atoms with Gasteiger partial charge in [0.2, 0.25) is 0 Å². The van der Waals surface area contributed by atoms with Crippen LogP contribution in [0.4, 0.5) is 5.69 Å². The van der Waals surface area contributed by atoms with Crippen LogP contribution < -0.4 is 14.8 Å². The Morgan fingerprint density at radius 2 is 1.77 bits per heavy atom. The first kappa shape index (κ1) is 14.8. The zero-order valence-electron chi connectivity index (χ0n) is 13.2. The van der Waals surface area contributed by atoms with Gasteiger partial charge in [0.25, 0.3) is 0 Å². The highest BCUT2D eigenvalue weighted by molar-refractivity contribution is 7.13. The molecule has 3 rings (SSSR count). The largest absolute Gasteiger partial charge is 0.497 e. The summed E-state index contributed by atoms with van der Waals surface area (Å²) in [4.78, 5) is 4.79. The number of rotatable bonds is 4. The first-order chi connectivity index (χ1) is 10.6. The zero-order valence-corrected chi connectivity index (χ0v) is 14.0. The van der Waals surface area contributed by atoms with Gasteiger partial charge in [-0.05, 0) is 19.1 Å². The summed E-state index contributed by atoms with van der Waals surface area (Å²) in [5, 5.41) is 3.57. The van der Waals surface area contributed by atoms with Gasteiger partial charge in [-0.1, -0.05) is 0 Å². The molecule has 1 N–H and O–H groups in total. The Morgan fingerprint density at radius 1 is 1.09 bits per heavy atom. The van der Waals surface area contributed by atoms with Crippen LogP contribution in [0.5, 0.6) is 11.5 Å². The summed E-state index contributed by atoms with van der Waals surface area (Å²) in [6.07, 6.45) is 4.37. The van der Waals surface area contributed by atoms with E-state index in [0.29, 0.717) is 0 Å². The van der Waals surface area contributed by atoms with E-state index in [1.807, 2.05) is 29.5 Å². The molecule has 0 saturated heterocycles. The molecule has 0 amide bonds. The molecule has 2 aromatic rings. The molecule has 1 aromatic carbocycles. The van der Waals surface area contributed by atoms with E-state index in [2.05, 4.69) is 42.5 Å². The Bertz CT molecular complexity index is 686. The Morgan fingerprint density at radius 3 is 2.41 bits per heavy atom. The molecule has 2 heterocycles. The van der Waals surface area contributed by atoms with Crippen molar-refractivity contribution in [1.29, 1.82) is 0 Å². The van der Waals surface area contributed by atoms with Crippen molar-refractivity contribution in [3.8, 4) is 11.5 Å². The van der Waals surface area contributed by atoms with Crippen LogP contribution in [0.3, 0.4) is 0 Å². The molecule has 22 heavy (non-hydrogen) atoms. The van der Waals surface area contributed by atoms with Crippen molar-refractivity contribution in [2.45, 2.75) is 13.1 Å². The third kappa shape index (κ3) is 2.76. The van der Waals surface area contributed by atoms with Crippen molar-refractivity contribution in [2.24, 2.45) is 0 Å². The van der Waals surface area contributed by atoms with Crippen LogP contribution in [0, 0.1) is 6.92 Å². The molecule has 5 heteroatoms. The molecule has 116 valence electrons. The average Bonchev–Trinajstić information content (AvgIpc) is 2.90. The number of hydrogen-bond acceptors (Lipinski definition) is 5. The highest BCUT2D eigenvalue weighted by atomic mass is 32.1. The lowest BCUT2D eigenvalue weighted by atomic mass is 10.1. The van der Waals surface area contributed by atoms with Crippen molar-refractivity contribution in [3.63, 3.8) is 0 Å². The molecular weight excluding hydrogens is 296 g/mol. The van der Waals surface area contributed by atoms with Gasteiger partial charge >= 0.3 is 0 Å². The predicted molar refractivity (Wildman–Crippen MR) is 91.8 cm³/mol. The van der Waals surface area contributed by atoms with Crippen molar-refractivity contribution >= 4 is 23.1 Å². The highest BCUT2D eigenvalue weighted by Crippen LogP contribution is 2.36. The number of thiophene rings is 1. The number of anilines is 1. The lowest BCUT2D eigenvalue weighted by Gasteiger charge is -2.31. The number of methoxy groups -OCH3 is 2. The molecule has 0 spiro atoms. The van der Waals surface area contributed by atoms with Crippen molar-refractivity contribution in [1.82, 2.24) is 4.90 Å². The summed E-state index contributed by atoms with van der Waals surface area (Å²) in [5.41, 5.74) is 2.27. The van der Waals surface area contributed by atoms with E-state index in [4.69, 9.17) is 9.47 Å². The third-order valence-electron chi connectivity index (χ3n) is 3.73. The van der Waals surface area contributed by atoms with E-state index in [9.17, 15) is 0 Å². The molecule has 4 nitrogen and oxygen atoms in total. The van der Waals surface area contributed by atoms with Gasteiger partial charge < -0.3 is 19.7 Å². The van der Waals surface area contributed by atoms with Gasteiger partial charge in [-0.3, -0.25) is 0 Å². The van der Waals surface area contributed by atoms with Gasteiger partial charge in [-0.25, -0.2) is 0 Å². The number of aryl methyl sites for hydroxylation is 1. The van der Waals surface area contributed by atoms with E-state index >= 15 is 0 Å². The minimum Gasteiger partial charge on any atom is -0.497 e. The van der Waals surface area contributed by atoms with Gasteiger partial charge in [0, 0.05) is 52.5 Å². The van der Waals surface area contributed by atoms with Gasteiger partial charge in [0.15, 0.2) is 0 Å². The van der Waals surface area contributed by atoms with E-state index < -0.39 is 0 Å². The Hall–Kier alpha value is -2.14. The first-order valence-electron chi connectivity index (χ1n) is 7.11. The number of nitrogens with zero attached hydrogens (tertiary/aromatic N) is 1. The van der Waals surface area contributed by atoms with Crippen molar-refractivity contribution in [2.75, 3.05) is 26.6 Å². The van der Waals surface area contributed by atoms with Crippen LogP contribution in [0.1, 0.15) is 21.5 Å². The number of fused-ring (bicyclic) bond motifs is 1. The second kappa shape index (κ2) is 5.93. The summed E-state index contributed by atoms with van der Waals surface area (Å²) in [6, 6.07) is 8.08. The molecule has 1 aromatic heterocycles. The Kier molecular flexibility index (Phi) is 3.98. The summed E-state index contributed by atoms with van der Waals surface area (Å²) in [6.45, 7) is 2.14. The fourth-order valence-corrected chi connectivity index (χ4v) is 3.56. The van der Waals surface area contributed by atoms with E-state index in [0.717, 1.165) is 17.2 Å². The second-order valence-corrected chi connectivity index (χ2v) is 6.59. The monoisotopic (exact) mass is 316 g/mol. The van der Waals surface area contributed by atoms with Crippen LogP contribution in [0.25, 0.3) is 6.08 Å². The van der Waals surface area contributed by atoms with Crippen LogP contribution in [0.2, 0.25) is 0 Å². The number of ether oxygens (including phenoxy) is 2. The lowest BCUT2D eigenvalue weighted by molar-refractivity contribution is 0.367. The van der Waals surface area contributed by atoms with Crippen LogP contribution in [-0.4, -0.2) is 26.2 Å². The lowest BCUT2D eigenvalue weighted by Crippen LogP contribution is -2.28. The van der Waals surface area contributed by atoms with Gasteiger partial charge in [-0.2, -0.15) is 0 Å². The third-order valence-corrected chi connectivity index (χ3v) is 4.76. The topological polar surface area (TPSA) is 33.7 Å². The van der Waals surface area contributed by atoms with E-state index in [1.165, 1.54) is 15.3 Å². The van der Waals surface area contributed by atoms with Gasteiger partial charge in [0.1, 0.15) is 17.7 Å². The molecule has 1 aliphatic heterocycles. The van der Waals surface area contributed by atoms with Crippen LogP contribution in [-0.2, 0) is 0 Å². The maximum absolute atomic E-state index is 5.34. The maximum Gasteiger partial charge on any atom is 0.126 e. The minimum absolute atomic E-state index is 0.0989. The van der Waals surface area contributed by atoms with Crippen molar-refractivity contribution in [3.05, 3.63) is 45.8 Å². The molecule has 0 radical (unpaired) electrons. The highest BCUT2D eigenvalue weighted by Gasteiger charge is 2.23. The molecule has 0 fully saturated rings. The summed E-state index contributed by atoms with van der Waals surface area (Å²) in [7, 11) is 5.39. The fraction of sp³-hybridized carbons (Fsp3) is 0.294. The first-order valence-corrected chi connectivity index (χ1v) is 7.92. The fourth-order valence-electron chi connectivity index (χ4n) is 2.61. The Labute approximate surface area is 135 Å². The second-order valence-electron chi connectivity index (χ2n) is 5.31.